The van der Waals surface area contributed by atoms with Gasteiger partial charge in [-0.25, -0.2) is 35.1 Å². The highest BCUT2D eigenvalue weighted by Crippen LogP contribution is 2.28. The lowest BCUT2D eigenvalue weighted by atomic mass is 9.89. The van der Waals surface area contributed by atoms with E-state index in [1.54, 1.807) is 0 Å². The fraction of sp³-hybridized carbons (Fsp3) is 0.929. The summed E-state index contributed by atoms with van der Waals surface area (Å²) in [5.74, 6) is -0.226. The second kappa shape index (κ2) is 9.96. The molecule has 0 aromatic heterocycles. The number of carbonyl (C=O) groups is 1. The molecule has 0 spiro atoms. The topological polar surface area (TPSA) is 168 Å². The van der Waals surface area contributed by atoms with Gasteiger partial charge in [-0.3, -0.25) is 5.32 Å². The Morgan fingerprint density at radius 3 is 1.93 bits per heavy atom. The van der Waals surface area contributed by atoms with Crippen molar-refractivity contribution in [2.45, 2.75) is 57.4 Å². The Balaban J connectivity index is 2.35. The zero-order valence-electron chi connectivity index (χ0n) is 15.5. The van der Waals surface area contributed by atoms with Crippen LogP contribution in [0, 0.1) is 36.3 Å². The Morgan fingerprint density at radius 1 is 0.857 bits per heavy atom. The van der Waals surface area contributed by atoms with E-state index in [4.69, 9.17) is 0 Å². The van der Waals surface area contributed by atoms with Crippen molar-refractivity contribution in [1.82, 2.24) is 20.3 Å². The molecule has 14 heteroatoms. The van der Waals surface area contributed by atoms with Crippen molar-refractivity contribution in [1.29, 1.82) is 0 Å². The van der Waals surface area contributed by atoms with Gasteiger partial charge in [-0.1, -0.05) is 43.5 Å². The standard InChI is InChI=1S/C14H25N7O7/c22-14-17(20(25)26)11-16(19(23)24)10-15-9-13(18(14)21(27)28)12-7-5-3-1-2-4-6-8-12/h12-13,15H,1-11H2. The van der Waals surface area contributed by atoms with Crippen LogP contribution in [0.15, 0.2) is 0 Å². The molecule has 2 aliphatic rings. The summed E-state index contributed by atoms with van der Waals surface area (Å²) in [7, 11) is 0. The molecular weight excluding hydrogens is 378 g/mol. The lowest BCUT2D eigenvalue weighted by Crippen LogP contribution is -2.57. The maximum Gasteiger partial charge on any atom is 0.437 e. The van der Waals surface area contributed by atoms with E-state index in [0.717, 1.165) is 38.5 Å². The Hall–Kier alpha value is -2.77. The molecule has 2 amide bonds. The molecule has 158 valence electrons. The number of carbonyl (C=O) groups excluding carboxylic acids is 1. The molecule has 0 radical (unpaired) electrons. The summed E-state index contributed by atoms with van der Waals surface area (Å²) in [6, 6.07) is -2.41. The molecule has 1 saturated carbocycles. The van der Waals surface area contributed by atoms with E-state index in [9.17, 15) is 35.1 Å². The largest absolute Gasteiger partial charge is 0.437 e. The summed E-state index contributed by atoms with van der Waals surface area (Å²) in [5.41, 5.74) is 0. The normalized spacial score (nSPS) is 23.6. The minimum atomic E-state index is -1.48. The maximum absolute atomic E-state index is 12.7. The third-order valence-electron chi connectivity index (χ3n) is 5.22. The molecular formula is C14H25N7O7. The van der Waals surface area contributed by atoms with E-state index in [0.29, 0.717) is 17.9 Å². The summed E-state index contributed by atoms with van der Waals surface area (Å²) < 4.78 is 0. The molecule has 1 N–H and O–H groups in total. The minimum absolute atomic E-state index is 0.0622. The Kier molecular flexibility index (Phi) is 7.66. The van der Waals surface area contributed by atoms with Crippen LogP contribution >= 0.6 is 0 Å². The molecule has 2 fully saturated rings. The van der Waals surface area contributed by atoms with Crippen molar-refractivity contribution in [3.05, 3.63) is 30.3 Å². The van der Waals surface area contributed by atoms with Crippen molar-refractivity contribution < 1.29 is 19.9 Å². The van der Waals surface area contributed by atoms with Crippen molar-refractivity contribution in [2.24, 2.45) is 5.92 Å². The van der Waals surface area contributed by atoms with Gasteiger partial charge in [-0.2, -0.15) is 0 Å². The fourth-order valence-corrected chi connectivity index (χ4v) is 3.79. The number of rotatable bonds is 4. The van der Waals surface area contributed by atoms with Gasteiger partial charge in [0.2, 0.25) is 6.67 Å². The summed E-state index contributed by atoms with van der Waals surface area (Å²) in [6.45, 7) is -1.44. The van der Waals surface area contributed by atoms with Gasteiger partial charge in [0.1, 0.15) is 12.7 Å². The van der Waals surface area contributed by atoms with Gasteiger partial charge in [0.15, 0.2) is 15.1 Å². The SMILES string of the molecule is O=C1N([N+](=O)[O-])CN([N+](=O)[O-])CNCC(C2CCCCCCCC2)N1[N+](=O)[O-]. The second-order valence-corrected chi connectivity index (χ2v) is 7.03. The molecule has 1 aliphatic carbocycles. The van der Waals surface area contributed by atoms with Crippen molar-refractivity contribution in [3.8, 4) is 0 Å². The van der Waals surface area contributed by atoms with E-state index in [1.807, 2.05) is 0 Å². The van der Waals surface area contributed by atoms with Gasteiger partial charge in [0, 0.05) is 6.54 Å². The van der Waals surface area contributed by atoms with Crippen LogP contribution in [0.1, 0.15) is 51.4 Å². The molecule has 2 rings (SSSR count). The predicted octanol–water partition coefficient (Wildman–Crippen LogP) is 1.22. The van der Waals surface area contributed by atoms with Gasteiger partial charge >= 0.3 is 6.03 Å². The predicted molar refractivity (Wildman–Crippen MR) is 93.8 cm³/mol. The number of hydrogen-bond acceptors (Lipinski definition) is 8. The van der Waals surface area contributed by atoms with Crippen molar-refractivity contribution in [3.63, 3.8) is 0 Å². The highest BCUT2D eigenvalue weighted by atomic mass is 16.7. The first-order valence-electron chi connectivity index (χ1n) is 9.32. The van der Waals surface area contributed by atoms with E-state index >= 15 is 0 Å². The smallest absolute Gasteiger partial charge is 0.293 e. The molecule has 0 aromatic rings. The maximum atomic E-state index is 12.7. The van der Waals surface area contributed by atoms with Crippen LogP contribution in [0.25, 0.3) is 0 Å². The number of nitrogens with zero attached hydrogens (tertiary/aromatic N) is 6. The average molecular weight is 403 g/mol. The van der Waals surface area contributed by atoms with Crippen LogP contribution in [-0.4, -0.2) is 62.1 Å². The quantitative estimate of drug-likeness (QED) is 0.536. The summed E-state index contributed by atoms with van der Waals surface area (Å²) >= 11 is 0. The Morgan fingerprint density at radius 2 is 1.43 bits per heavy atom. The monoisotopic (exact) mass is 403 g/mol. The molecule has 28 heavy (non-hydrogen) atoms. The van der Waals surface area contributed by atoms with Gasteiger partial charge < -0.3 is 0 Å². The molecule has 1 unspecified atom stereocenters. The molecule has 1 heterocycles. The third-order valence-corrected chi connectivity index (χ3v) is 5.22. The summed E-state index contributed by atoms with van der Waals surface area (Å²) in [6.07, 6.45) is 7.14. The van der Waals surface area contributed by atoms with Crippen LogP contribution in [0.4, 0.5) is 4.79 Å². The molecule has 1 aliphatic heterocycles. The van der Waals surface area contributed by atoms with Crippen molar-refractivity contribution >= 4 is 6.03 Å². The van der Waals surface area contributed by atoms with Gasteiger partial charge in [0.25, 0.3) is 0 Å². The average Bonchev–Trinajstić information content (AvgIpc) is 2.79. The lowest BCUT2D eigenvalue weighted by Gasteiger charge is -2.29. The van der Waals surface area contributed by atoms with Crippen LogP contribution in [-0.2, 0) is 0 Å². The lowest BCUT2D eigenvalue weighted by molar-refractivity contribution is -0.708. The minimum Gasteiger partial charge on any atom is -0.293 e. The number of nitrogens with one attached hydrogen (secondary N) is 1. The number of amides is 2. The summed E-state index contributed by atoms with van der Waals surface area (Å²) in [4.78, 5) is 46.8. The Labute approximate surface area is 160 Å². The first kappa shape index (κ1) is 21.5. The third kappa shape index (κ3) is 5.37. The highest BCUT2D eigenvalue weighted by Gasteiger charge is 2.47. The molecule has 1 atom stereocenters. The first-order chi connectivity index (χ1) is 13.3. The zero-order valence-corrected chi connectivity index (χ0v) is 15.5. The van der Waals surface area contributed by atoms with E-state index in [-0.39, 0.29) is 29.1 Å². The van der Waals surface area contributed by atoms with Gasteiger partial charge in [-0.15, -0.1) is 0 Å². The van der Waals surface area contributed by atoms with Crippen LogP contribution in [0.2, 0.25) is 0 Å². The Bertz CT molecular complexity index is 595. The molecule has 1 saturated heterocycles. The van der Waals surface area contributed by atoms with E-state index in [1.165, 1.54) is 0 Å². The fourth-order valence-electron chi connectivity index (χ4n) is 3.79. The number of urea groups is 1. The number of hydrogen-bond donors (Lipinski definition) is 1. The first-order valence-corrected chi connectivity index (χ1v) is 9.32. The molecule has 0 aromatic carbocycles. The highest BCUT2D eigenvalue weighted by molar-refractivity contribution is 5.72. The number of hydrazine groups is 3. The summed E-state index contributed by atoms with van der Waals surface area (Å²) in [5, 5.41) is 34.5. The van der Waals surface area contributed by atoms with Crippen LogP contribution < -0.4 is 5.32 Å². The zero-order chi connectivity index (χ0) is 20.7. The van der Waals surface area contributed by atoms with Gasteiger partial charge in [0.05, 0.1) is 0 Å². The van der Waals surface area contributed by atoms with Crippen LogP contribution in [0.5, 0.6) is 0 Å². The number of nitro groups is 3. The van der Waals surface area contributed by atoms with Gasteiger partial charge in [-0.05, 0) is 28.8 Å². The second-order valence-electron chi connectivity index (χ2n) is 7.03. The van der Waals surface area contributed by atoms with E-state index < -0.39 is 33.8 Å². The molecule has 14 nitrogen and oxygen atoms in total. The molecule has 0 bridgehead atoms. The van der Waals surface area contributed by atoms with E-state index in [2.05, 4.69) is 5.32 Å². The van der Waals surface area contributed by atoms with Crippen molar-refractivity contribution in [2.75, 3.05) is 19.9 Å². The van der Waals surface area contributed by atoms with Crippen LogP contribution in [0.3, 0.4) is 0 Å².